The zero-order valence-electron chi connectivity index (χ0n) is 11.0. The van der Waals surface area contributed by atoms with Crippen LogP contribution in [0.1, 0.15) is 51.2 Å². The van der Waals surface area contributed by atoms with E-state index in [0.717, 1.165) is 24.6 Å². The smallest absolute Gasteiger partial charge is 0.103 e. The van der Waals surface area contributed by atoms with Crippen LogP contribution in [-0.2, 0) is 6.42 Å². The lowest BCUT2D eigenvalue weighted by molar-refractivity contribution is 0.411. The van der Waals surface area contributed by atoms with Crippen LogP contribution in [0, 0.1) is 5.92 Å². The molecule has 0 saturated heterocycles. The second-order valence-corrected chi connectivity index (χ2v) is 5.29. The van der Waals surface area contributed by atoms with Gasteiger partial charge in [-0.1, -0.05) is 19.8 Å². The van der Waals surface area contributed by atoms with Crippen molar-refractivity contribution in [3.8, 4) is 0 Å². The van der Waals surface area contributed by atoms with Gasteiger partial charge in [0.15, 0.2) is 0 Å². The molecule has 1 fully saturated rings. The highest BCUT2D eigenvalue weighted by Crippen LogP contribution is 2.34. The Balaban J connectivity index is 1.68. The van der Waals surface area contributed by atoms with Crippen molar-refractivity contribution in [3.05, 3.63) is 24.2 Å². The third-order valence-electron chi connectivity index (χ3n) is 3.62. The summed E-state index contributed by atoms with van der Waals surface area (Å²) in [4.78, 5) is 0. The van der Waals surface area contributed by atoms with Crippen molar-refractivity contribution in [1.29, 1.82) is 0 Å². The topological polar surface area (TPSA) is 25.2 Å². The Hall–Kier alpha value is -0.760. The van der Waals surface area contributed by atoms with Crippen LogP contribution in [-0.4, -0.2) is 12.6 Å². The van der Waals surface area contributed by atoms with Gasteiger partial charge in [0.2, 0.25) is 0 Å². The second-order valence-electron chi connectivity index (χ2n) is 5.29. The molecule has 1 aromatic rings. The fourth-order valence-corrected chi connectivity index (χ4v) is 2.31. The summed E-state index contributed by atoms with van der Waals surface area (Å²) in [5.74, 6) is 2.17. The molecular formula is C15H25NO. The molecule has 0 aromatic carbocycles. The van der Waals surface area contributed by atoms with Gasteiger partial charge in [-0.05, 0) is 50.3 Å². The van der Waals surface area contributed by atoms with Crippen LogP contribution in [0.3, 0.4) is 0 Å². The van der Waals surface area contributed by atoms with Crippen molar-refractivity contribution in [1.82, 2.24) is 5.32 Å². The first kappa shape index (κ1) is 12.7. The van der Waals surface area contributed by atoms with Gasteiger partial charge in [-0.3, -0.25) is 0 Å². The molecule has 0 spiro atoms. The third-order valence-corrected chi connectivity index (χ3v) is 3.62. The fraction of sp³-hybridized carbons (Fsp3) is 0.733. The van der Waals surface area contributed by atoms with Gasteiger partial charge < -0.3 is 9.73 Å². The fourth-order valence-electron chi connectivity index (χ4n) is 2.31. The number of rotatable bonds is 9. The monoisotopic (exact) mass is 235 g/mol. The van der Waals surface area contributed by atoms with Gasteiger partial charge in [0.1, 0.15) is 5.76 Å². The number of aryl methyl sites for hydroxylation is 1. The van der Waals surface area contributed by atoms with Crippen molar-refractivity contribution in [2.75, 3.05) is 6.54 Å². The first-order valence-electron chi connectivity index (χ1n) is 7.14. The highest BCUT2D eigenvalue weighted by molar-refractivity contribution is 4.98. The first-order valence-corrected chi connectivity index (χ1v) is 7.14. The van der Waals surface area contributed by atoms with E-state index in [1.54, 1.807) is 6.26 Å². The van der Waals surface area contributed by atoms with E-state index in [9.17, 15) is 0 Å². The largest absolute Gasteiger partial charge is 0.469 e. The van der Waals surface area contributed by atoms with Gasteiger partial charge in [0, 0.05) is 12.5 Å². The summed E-state index contributed by atoms with van der Waals surface area (Å²) in [5.41, 5.74) is 0. The molecule has 1 heterocycles. The summed E-state index contributed by atoms with van der Waals surface area (Å²) in [6, 6.07) is 4.74. The maximum atomic E-state index is 5.40. The lowest BCUT2D eigenvalue weighted by atomic mass is 10.0. The zero-order valence-corrected chi connectivity index (χ0v) is 11.0. The minimum atomic E-state index is 0.681. The highest BCUT2D eigenvalue weighted by Gasteiger charge is 2.22. The SMILES string of the molecule is CCCNC(CCc1ccco1)CCC1CC1. The van der Waals surface area contributed by atoms with Gasteiger partial charge in [-0.15, -0.1) is 0 Å². The molecule has 96 valence electrons. The first-order chi connectivity index (χ1) is 8.38. The standard InChI is InChI=1S/C15H25NO/c1-2-11-16-14(8-7-13-5-6-13)9-10-15-4-3-12-17-15/h3-4,12-14,16H,2,5-11H2,1H3. The molecule has 1 N–H and O–H groups in total. The lowest BCUT2D eigenvalue weighted by Gasteiger charge is -2.17. The molecule has 1 aromatic heterocycles. The van der Waals surface area contributed by atoms with E-state index in [4.69, 9.17) is 4.42 Å². The zero-order chi connectivity index (χ0) is 11.9. The average molecular weight is 235 g/mol. The molecule has 0 radical (unpaired) electrons. The van der Waals surface area contributed by atoms with Crippen molar-refractivity contribution in [3.63, 3.8) is 0 Å². The normalized spacial score (nSPS) is 17.2. The maximum Gasteiger partial charge on any atom is 0.103 e. The Morgan fingerprint density at radius 2 is 2.29 bits per heavy atom. The molecule has 0 aliphatic heterocycles. The molecule has 1 saturated carbocycles. The van der Waals surface area contributed by atoms with Crippen molar-refractivity contribution >= 4 is 0 Å². The lowest BCUT2D eigenvalue weighted by Crippen LogP contribution is -2.30. The van der Waals surface area contributed by atoms with Gasteiger partial charge in [0.05, 0.1) is 6.26 Å². The van der Waals surface area contributed by atoms with E-state index in [0.29, 0.717) is 6.04 Å². The minimum Gasteiger partial charge on any atom is -0.469 e. The van der Waals surface area contributed by atoms with Crippen LogP contribution in [0.5, 0.6) is 0 Å². The Morgan fingerprint density at radius 3 is 2.94 bits per heavy atom. The van der Waals surface area contributed by atoms with Crippen LogP contribution < -0.4 is 5.32 Å². The Kier molecular flexibility index (Phi) is 5.11. The van der Waals surface area contributed by atoms with Crippen LogP contribution in [0.2, 0.25) is 0 Å². The maximum absolute atomic E-state index is 5.40. The van der Waals surface area contributed by atoms with E-state index in [2.05, 4.69) is 18.3 Å². The molecule has 2 heteroatoms. The Bertz CT molecular complexity index is 290. The van der Waals surface area contributed by atoms with E-state index in [1.807, 2.05) is 6.07 Å². The molecule has 17 heavy (non-hydrogen) atoms. The van der Waals surface area contributed by atoms with Crippen molar-refractivity contribution in [2.24, 2.45) is 5.92 Å². The van der Waals surface area contributed by atoms with E-state index in [-0.39, 0.29) is 0 Å². The molecule has 0 bridgehead atoms. The third kappa shape index (κ3) is 4.95. The molecule has 1 aliphatic rings. The quantitative estimate of drug-likeness (QED) is 0.705. The Morgan fingerprint density at radius 1 is 1.41 bits per heavy atom. The molecular weight excluding hydrogens is 210 g/mol. The Labute approximate surface area is 105 Å². The second kappa shape index (κ2) is 6.85. The van der Waals surface area contributed by atoms with Crippen LogP contribution >= 0.6 is 0 Å². The summed E-state index contributed by atoms with van der Waals surface area (Å²) in [6.45, 7) is 3.38. The van der Waals surface area contributed by atoms with Crippen LogP contribution in [0.15, 0.2) is 22.8 Å². The van der Waals surface area contributed by atoms with Gasteiger partial charge in [-0.25, -0.2) is 0 Å². The number of furan rings is 1. The van der Waals surface area contributed by atoms with E-state index in [1.165, 1.54) is 38.5 Å². The van der Waals surface area contributed by atoms with Crippen molar-refractivity contribution in [2.45, 2.75) is 57.9 Å². The van der Waals surface area contributed by atoms with E-state index < -0.39 is 0 Å². The number of nitrogens with one attached hydrogen (secondary N) is 1. The summed E-state index contributed by atoms with van der Waals surface area (Å²) in [5, 5.41) is 3.67. The average Bonchev–Trinajstić information content (AvgIpc) is 3.03. The van der Waals surface area contributed by atoms with Gasteiger partial charge in [0.25, 0.3) is 0 Å². The predicted molar refractivity (Wildman–Crippen MR) is 71.1 cm³/mol. The molecule has 1 atom stereocenters. The molecule has 1 unspecified atom stereocenters. The predicted octanol–water partition coefficient (Wildman–Crippen LogP) is 3.77. The van der Waals surface area contributed by atoms with Crippen molar-refractivity contribution < 1.29 is 4.42 Å². The molecule has 2 nitrogen and oxygen atoms in total. The summed E-state index contributed by atoms with van der Waals surface area (Å²) < 4.78 is 5.40. The van der Waals surface area contributed by atoms with Gasteiger partial charge >= 0.3 is 0 Å². The van der Waals surface area contributed by atoms with E-state index >= 15 is 0 Å². The minimum absolute atomic E-state index is 0.681. The number of hydrogen-bond acceptors (Lipinski definition) is 2. The molecule has 2 rings (SSSR count). The summed E-state index contributed by atoms with van der Waals surface area (Å²) in [7, 11) is 0. The van der Waals surface area contributed by atoms with Crippen LogP contribution in [0.4, 0.5) is 0 Å². The van der Waals surface area contributed by atoms with Crippen LogP contribution in [0.25, 0.3) is 0 Å². The molecule has 1 aliphatic carbocycles. The summed E-state index contributed by atoms with van der Waals surface area (Å²) >= 11 is 0. The van der Waals surface area contributed by atoms with Gasteiger partial charge in [-0.2, -0.15) is 0 Å². The highest BCUT2D eigenvalue weighted by atomic mass is 16.3. The summed E-state index contributed by atoms with van der Waals surface area (Å²) in [6.07, 6.45) is 11.0. The molecule has 0 amide bonds. The number of hydrogen-bond donors (Lipinski definition) is 1.